The van der Waals surface area contributed by atoms with Crippen LogP contribution in [-0.4, -0.2) is 17.6 Å². The molecule has 0 fully saturated rings. The molecular formula is C21H20ClNO4. The molecule has 0 aliphatic heterocycles. The average molecular weight is 386 g/mol. The predicted molar refractivity (Wildman–Crippen MR) is 105 cm³/mol. The number of amides is 1. The molecule has 0 unspecified atom stereocenters. The van der Waals surface area contributed by atoms with Gasteiger partial charge in [-0.15, -0.1) is 0 Å². The first-order valence-corrected chi connectivity index (χ1v) is 8.83. The predicted octanol–water partition coefficient (Wildman–Crippen LogP) is 4.73. The minimum atomic E-state index is -0.279. The van der Waals surface area contributed by atoms with Gasteiger partial charge in [-0.3, -0.25) is 4.79 Å². The number of carbonyl (C=O) groups excluding carboxylic acids is 1. The van der Waals surface area contributed by atoms with Crippen LogP contribution < -0.4 is 10.1 Å². The monoisotopic (exact) mass is 385 g/mol. The van der Waals surface area contributed by atoms with Gasteiger partial charge in [0, 0.05) is 11.3 Å². The second kappa shape index (κ2) is 8.29. The molecule has 2 N–H and O–H groups in total. The molecule has 27 heavy (non-hydrogen) atoms. The van der Waals surface area contributed by atoms with Gasteiger partial charge >= 0.3 is 0 Å². The lowest BCUT2D eigenvalue weighted by Gasteiger charge is -2.11. The maximum absolute atomic E-state index is 12.2. The molecule has 3 aromatic rings. The number of hydrogen-bond acceptors (Lipinski definition) is 4. The van der Waals surface area contributed by atoms with Gasteiger partial charge in [0.1, 0.15) is 23.9 Å². The number of aliphatic hydroxyl groups is 1. The van der Waals surface area contributed by atoms with Gasteiger partial charge in [-0.25, -0.2) is 0 Å². The Hall–Kier alpha value is -2.76. The van der Waals surface area contributed by atoms with Crippen molar-refractivity contribution in [1.82, 2.24) is 0 Å². The van der Waals surface area contributed by atoms with Crippen LogP contribution in [0.2, 0.25) is 5.02 Å². The number of halogens is 1. The van der Waals surface area contributed by atoms with Gasteiger partial charge in [0.2, 0.25) is 0 Å². The van der Waals surface area contributed by atoms with E-state index in [2.05, 4.69) is 5.32 Å². The molecule has 0 saturated carbocycles. The van der Waals surface area contributed by atoms with Crippen molar-refractivity contribution in [3.63, 3.8) is 0 Å². The van der Waals surface area contributed by atoms with E-state index in [-0.39, 0.29) is 19.1 Å². The number of hydrogen-bond donors (Lipinski definition) is 2. The molecule has 0 atom stereocenters. The zero-order valence-electron chi connectivity index (χ0n) is 15.1. The Morgan fingerprint density at radius 1 is 1.15 bits per heavy atom. The van der Waals surface area contributed by atoms with Crippen molar-refractivity contribution >= 4 is 23.2 Å². The second-order valence-electron chi connectivity index (χ2n) is 6.22. The van der Waals surface area contributed by atoms with Crippen molar-refractivity contribution in [3.05, 3.63) is 70.4 Å². The lowest BCUT2D eigenvalue weighted by molar-refractivity contribution is -0.118. The van der Waals surface area contributed by atoms with Crippen LogP contribution >= 0.6 is 11.6 Å². The first kappa shape index (κ1) is 19.0. The van der Waals surface area contributed by atoms with E-state index < -0.39 is 0 Å². The summed E-state index contributed by atoms with van der Waals surface area (Å²) in [4.78, 5) is 12.2. The number of furan rings is 1. The van der Waals surface area contributed by atoms with Crippen molar-refractivity contribution in [2.75, 3.05) is 11.9 Å². The van der Waals surface area contributed by atoms with Crippen LogP contribution in [0.25, 0.3) is 11.3 Å². The molecule has 0 bridgehead atoms. The van der Waals surface area contributed by atoms with Crippen LogP contribution in [0.3, 0.4) is 0 Å². The van der Waals surface area contributed by atoms with E-state index in [1.54, 1.807) is 30.3 Å². The number of benzene rings is 2. The van der Waals surface area contributed by atoms with Crippen molar-refractivity contribution in [3.8, 4) is 17.1 Å². The highest BCUT2D eigenvalue weighted by Crippen LogP contribution is 2.32. The Bertz CT molecular complexity index is 965. The normalized spacial score (nSPS) is 10.7. The van der Waals surface area contributed by atoms with Gasteiger partial charge in [0.15, 0.2) is 6.61 Å². The summed E-state index contributed by atoms with van der Waals surface area (Å²) < 4.78 is 11.1. The van der Waals surface area contributed by atoms with Gasteiger partial charge in [-0.05, 0) is 55.8 Å². The molecule has 0 radical (unpaired) electrons. The van der Waals surface area contributed by atoms with E-state index in [1.807, 2.05) is 32.0 Å². The minimum absolute atomic E-state index is 0.0999. The Morgan fingerprint density at radius 3 is 2.67 bits per heavy atom. The number of anilines is 1. The molecular weight excluding hydrogens is 366 g/mol. The summed E-state index contributed by atoms with van der Waals surface area (Å²) in [5.41, 5.74) is 3.32. The Morgan fingerprint density at radius 2 is 1.96 bits per heavy atom. The van der Waals surface area contributed by atoms with Crippen LogP contribution in [0.1, 0.15) is 16.9 Å². The number of ether oxygens (including phenoxy) is 1. The van der Waals surface area contributed by atoms with Gasteiger partial charge in [0.25, 0.3) is 5.91 Å². The fourth-order valence-corrected chi connectivity index (χ4v) is 2.91. The van der Waals surface area contributed by atoms with Gasteiger partial charge in [-0.2, -0.15) is 0 Å². The summed E-state index contributed by atoms with van der Waals surface area (Å²) in [5, 5.41) is 12.4. The molecule has 6 heteroatoms. The maximum Gasteiger partial charge on any atom is 0.262 e. The molecule has 1 aromatic heterocycles. The molecule has 3 rings (SSSR count). The Balaban J connectivity index is 1.68. The fourth-order valence-electron chi connectivity index (χ4n) is 2.70. The summed E-state index contributed by atoms with van der Waals surface area (Å²) in [6.45, 7) is 3.65. The molecule has 0 aliphatic rings. The van der Waals surface area contributed by atoms with Crippen LogP contribution in [0.5, 0.6) is 5.75 Å². The molecule has 0 spiro atoms. The summed E-state index contributed by atoms with van der Waals surface area (Å²) in [6.07, 6.45) is 0. The highest BCUT2D eigenvalue weighted by atomic mass is 35.5. The number of aliphatic hydroxyl groups excluding tert-OH is 1. The smallest absolute Gasteiger partial charge is 0.262 e. The summed E-state index contributed by atoms with van der Waals surface area (Å²) >= 11 is 6.23. The quantitative estimate of drug-likeness (QED) is 0.643. The SMILES string of the molecule is Cc1ccc(OCC(=O)Nc2ccc(Cl)c(-c3ccc(CO)o3)c2)c(C)c1. The van der Waals surface area contributed by atoms with Crippen molar-refractivity contribution in [1.29, 1.82) is 0 Å². The van der Waals surface area contributed by atoms with Gasteiger partial charge in [-0.1, -0.05) is 29.3 Å². The third kappa shape index (κ3) is 4.70. The topological polar surface area (TPSA) is 71.7 Å². The first-order chi connectivity index (χ1) is 13.0. The lowest BCUT2D eigenvalue weighted by Crippen LogP contribution is -2.20. The highest BCUT2D eigenvalue weighted by molar-refractivity contribution is 6.33. The molecule has 0 saturated heterocycles. The van der Waals surface area contributed by atoms with Gasteiger partial charge in [0.05, 0.1) is 5.02 Å². The standard InChI is InChI=1S/C21H20ClNO4/c1-13-3-7-19(14(2)9-13)26-12-21(25)23-15-4-6-18(22)17(10-15)20-8-5-16(11-24)27-20/h3-10,24H,11-12H2,1-2H3,(H,23,25). The fraction of sp³-hybridized carbons (Fsp3) is 0.190. The minimum Gasteiger partial charge on any atom is -0.483 e. The van der Waals surface area contributed by atoms with Gasteiger partial charge < -0.3 is 19.6 Å². The number of rotatable bonds is 6. The van der Waals surface area contributed by atoms with E-state index in [0.29, 0.717) is 33.5 Å². The Kier molecular flexibility index (Phi) is 5.84. The molecule has 5 nitrogen and oxygen atoms in total. The van der Waals surface area contributed by atoms with Crippen molar-refractivity contribution in [2.45, 2.75) is 20.5 Å². The number of nitrogens with one attached hydrogen (secondary N) is 1. The molecule has 1 heterocycles. The largest absolute Gasteiger partial charge is 0.483 e. The zero-order valence-corrected chi connectivity index (χ0v) is 15.8. The average Bonchev–Trinajstić information content (AvgIpc) is 3.11. The van der Waals surface area contributed by atoms with E-state index in [1.165, 1.54) is 0 Å². The summed E-state index contributed by atoms with van der Waals surface area (Å²) in [5.74, 6) is 1.36. The third-order valence-corrected chi connectivity index (χ3v) is 4.35. The van der Waals surface area contributed by atoms with E-state index in [9.17, 15) is 4.79 Å². The molecule has 140 valence electrons. The van der Waals surface area contributed by atoms with Crippen molar-refractivity contribution in [2.24, 2.45) is 0 Å². The molecule has 2 aromatic carbocycles. The first-order valence-electron chi connectivity index (χ1n) is 8.45. The van der Waals surface area contributed by atoms with Crippen molar-refractivity contribution < 1.29 is 19.1 Å². The van der Waals surface area contributed by atoms with Crippen LogP contribution in [0.15, 0.2) is 52.9 Å². The van der Waals surface area contributed by atoms with E-state index >= 15 is 0 Å². The summed E-state index contributed by atoms with van der Waals surface area (Å²) in [7, 11) is 0. The maximum atomic E-state index is 12.2. The molecule has 0 aliphatic carbocycles. The number of carbonyl (C=O) groups is 1. The highest BCUT2D eigenvalue weighted by Gasteiger charge is 2.12. The third-order valence-electron chi connectivity index (χ3n) is 4.02. The summed E-state index contributed by atoms with van der Waals surface area (Å²) in [6, 6.07) is 14.3. The van der Waals surface area contributed by atoms with Crippen LogP contribution in [0.4, 0.5) is 5.69 Å². The number of aryl methyl sites for hydroxylation is 2. The van der Waals surface area contributed by atoms with Crippen LogP contribution in [-0.2, 0) is 11.4 Å². The van der Waals surface area contributed by atoms with E-state index in [4.69, 9.17) is 25.9 Å². The lowest BCUT2D eigenvalue weighted by atomic mass is 10.1. The zero-order chi connectivity index (χ0) is 19.4. The van der Waals surface area contributed by atoms with E-state index in [0.717, 1.165) is 11.1 Å². The second-order valence-corrected chi connectivity index (χ2v) is 6.63. The van der Waals surface area contributed by atoms with Crippen LogP contribution in [0, 0.1) is 13.8 Å². The molecule has 1 amide bonds. The Labute approximate surface area is 162 Å².